The van der Waals surface area contributed by atoms with Crippen LogP contribution in [0.3, 0.4) is 0 Å². The molecule has 0 bridgehead atoms. The lowest BCUT2D eigenvalue weighted by molar-refractivity contribution is -0.0431. The molecule has 1 aromatic carbocycles. The lowest BCUT2D eigenvalue weighted by Gasteiger charge is -2.41. The predicted molar refractivity (Wildman–Crippen MR) is 69.1 cm³/mol. The molecule has 2 aliphatic heterocycles. The smallest absolute Gasteiger partial charge is 0.130 e. The van der Waals surface area contributed by atoms with Gasteiger partial charge >= 0.3 is 0 Å². The van der Waals surface area contributed by atoms with Crippen molar-refractivity contribution >= 4 is 11.6 Å². The number of fused-ring (bicyclic) bond motifs is 1. The quantitative estimate of drug-likeness (QED) is 0.847. The normalized spacial score (nSPS) is 32.5. The molecule has 2 unspecified atom stereocenters. The second-order valence-corrected chi connectivity index (χ2v) is 5.82. The first-order valence-corrected chi connectivity index (χ1v) is 6.89. The average Bonchev–Trinajstić information content (AvgIpc) is 2.75. The summed E-state index contributed by atoms with van der Waals surface area (Å²) in [6.45, 7) is 1.93. The molecule has 0 aromatic heterocycles. The molecule has 0 amide bonds. The third kappa shape index (κ3) is 1.94. The Morgan fingerprint density at radius 3 is 3.00 bits per heavy atom. The highest BCUT2D eigenvalue weighted by atomic mass is 35.5. The van der Waals surface area contributed by atoms with Gasteiger partial charge in [-0.05, 0) is 44.4 Å². The van der Waals surface area contributed by atoms with Crippen LogP contribution in [0.25, 0.3) is 0 Å². The van der Waals surface area contributed by atoms with Gasteiger partial charge in [-0.25, -0.2) is 4.39 Å². The molecule has 2 fully saturated rings. The minimum absolute atomic E-state index is 0.290. The van der Waals surface area contributed by atoms with Crippen LogP contribution in [-0.4, -0.2) is 29.1 Å². The molecule has 2 saturated heterocycles. The van der Waals surface area contributed by atoms with E-state index in [0.29, 0.717) is 29.5 Å². The third-order valence-electron chi connectivity index (χ3n) is 4.31. The van der Waals surface area contributed by atoms with E-state index < -0.39 is 11.4 Å². The molecule has 0 aliphatic carbocycles. The van der Waals surface area contributed by atoms with Crippen molar-refractivity contribution in [3.8, 4) is 0 Å². The van der Waals surface area contributed by atoms with Crippen LogP contribution < -0.4 is 0 Å². The van der Waals surface area contributed by atoms with Crippen LogP contribution in [0.15, 0.2) is 18.2 Å². The molecule has 2 heterocycles. The SMILES string of the molecule is OC1(c2c(F)cccc2Cl)CCN2CCCC2C1. The lowest BCUT2D eigenvalue weighted by Crippen LogP contribution is -2.46. The van der Waals surface area contributed by atoms with Gasteiger partial charge in [0.1, 0.15) is 5.82 Å². The summed E-state index contributed by atoms with van der Waals surface area (Å²) in [6, 6.07) is 4.98. The van der Waals surface area contributed by atoms with Gasteiger partial charge in [-0.2, -0.15) is 0 Å². The molecule has 0 saturated carbocycles. The molecular weight excluding hydrogens is 253 g/mol. The Balaban J connectivity index is 1.95. The van der Waals surface area contributed by atoms with Crippen molar-refractivity contribution in [3.05, 3.63) is 34.6 Å². The van der Waals surface area contributed by atoms with Crippen LogP contribution in [0.5, 0.6) is 0 Å². The standard InChI is InChI=1S/C14H17ClFNO/c15-11-4-1-5-12(16)13(11)14(18)6-8-17-7-2-3-10(17)9-14/h1,4-5,10,18H,2-3,6-9H2. The number of rotatable bonds is 1. The topological polar surface area (TPSA) is 23.5 Å². The summed E-state index contributed by atoms with van der Waals surface area (Å²) in [6.07, 6.45) is 3.41. The summed E-state index contributed by atoms with van der Waals surface area (Å²) in [5.74, 6) is -0.392. The summed E-state index contributed by atoms with van der Waals surface area (Å²) >= 11 is 6.08. The minimum atomic E-state index is -1.10. The Morgan fingerprint density at radius 2 is 2.22 bits per heavy atom. The van der Waals surface area contributed by atoms with Gasteiger partial charge in [-0.1, -0.05) is 17.7 Å². The summed E-state index contributed by atoms with van der Waals surface area (Å²) in [5, 5.41) is 11.1. The zero-order valence-electron chi connectivity index (χ0n) is 10.2. The van der Waals surface area contributed by atoms with Crippen molar-refractivity contribution < 1.29 is 9.50 Å². The van der Waals surface area contributed by atoms with Gasteiger partial charge in [0.2, 0.25) is 0 Å². The monoisotopic (exact) mass is 269 g/mol. The van der Waals surface area contributed by atoms with E-state index in [2.05, 4.69) is 4.90 Å². The molecular formula is C14H17ClFNO. The maximum atomic E-state index is 14.0. The molecule has 1 N–H and O–H groups in total. The van der Waals surface area contributed by atoms with Crippen molar-refractivity contribution in [2.45, 2.75) is 37.3 Å². The Kier molecular flexibility index (Phi) is 3.08. The first-order valence-electron chi connectivity index (χ1n) is 6.51. The highest BCUT2D eigenvalue weighted by Crippen LogP contribution is 2.42. The van der Waals surface area contributed by atoms with Gasteiger partial charge in [-0.3, -0.25) is 0 Å². The Morgan fingerprint density at radius 1 is 1.39 bits per heavy atom. The zero-order chi connectivity index (χ0) is 12.8. The fraction of sp³-hybridized carbons (Fsp3) is 0.571. The van der Waals surface area contributed by atoms with Crippen LogP contribution in [0.2, 0.25) is 5.02 Å². The van der Waals surface area contributed by atoms with Crippen molar-refractivity contribution in [1.82, 2.24) is 4.90 Å². The van der Waals surface area contributed by atoms with Gasteiger partial charge in [-0.15, -0.1) is 0 Å². The van der Waals surface area contributed by atoms with Crippen LogP contribution in [0.4, 0.5) is 4.39 Å². The summed E-state index contributed by atoms with van der Waals surface area (Å²) < 4.78 is 14.0. The molecule has 2 aliphatic rings. The number of halogens is 2. The van der Waals surface area contributed by atoms with E-state index in [1.54, 1.807) is 12.1 Å². The molecule has 1 aromatic rings. The summed E-state index contributed by atoms with van der Waals surface area (Å²) in [7, 11) is 0. The number of aliphatic hydroxyl groups is 1. The van der Waals surface area contributed by atoms with Crippen LogP contribution >= 0.6 is 11.6 Å². The highest BCUT2D eigenvalue weighted by molar-refractivity contribution is 6.31. The average molecular weight is 270 g/mol. The van der Waals surface area contributed by atoms with Crippen LogP contribution in [0.1, 0.15) is 31.2 Å². The van der Waals surface area contributed by atoms with Crippen LogP contribution in [0, 0.1) is 5.82 Å². The van der Waals surface area contributed by atoms with E-state index in [-0.39, 0.29) is 0 Å². The Labute approximate surface area is 111 Å². The minimum Gasteiger partial charge on any atom is -0.385 e. The number of piperidine rings is 1. The van der Waals surface area contributed by atoms with Crippen molar-refractivity contribution in [1.29, 1.82) is 0 Å². The first kappa shape index (κ1) is 12.4. The van der Waals surface area contributed by atoms with E-state index in [0.717, 1.165) is 19.5 Å². The molecule has 0 spiro atoms. The van der Waals surface area contributed by atoms with E-state index in [9.17, 15) is 9.50 Å². The van der Waals surface area contributed by atoms with E-state index in [1.165, 1.54) is 12.5 Å². The van der Waals surface area contributed by atoms with Crippen LogP contribution in [-0.2, 0) is 5.60 Å². The summed E-state index contributed by atoms with van der Waals surface area (Å²) in [5.41, 5.74) is -0.813. The fourth-order valence-electron chi connectivity index (χ4n) is 3.41. The second kappa shape index (κ2) is 4.48. The Bertz CT molecular complexity index is 447. The largest absolute Gasteiger partial charge is 0.385 e. The van der Waals surface area contributed by atoms with Gasteiger partial charge in [0.25, 0.3) is 0 Å². The molecule has 3 rings (SSSR count). The fourth-order valence-corrected chi connectivity index (χ4v) is 3.75. The van der Waals surface area contributed by atoms with Crippen molar-refractivity contribution in [2.24, 2.45) is 0 Å². The van der Waals surface area contributed by atoms with Gasteiger partial charge in [0, 0.05) is 23.2 Å². The highest BCUT2D eigenvalue weighted by Gasteiger charge is 2.43. The maximum Gasteiger partial charge on any atom is 0.130 e. The zero-order valence-corrected chi connectivity index (χ0v) is 11.0. The summed E-state index contributed by atoms with van der Waals surface area (Å²) in [4.78, 5) is 2.39. The molecule has 2 atom stereocenters. The number of hydrogen-bond acceptors (Lipinski definition) is 2. The van der Waals surface area contributed by atoms with E-state index in [1.807, 2.05) is 0 Å². The second-order valence-electron chi connectivity index (χ2n) is 5.41. The first-order chi connectivity index (χ1) is 8.60. The van der Waals surface area contributed by atoms with E-state index >= 15 is 0 Å². The van der Waals surface area contributed by atoms with Gasteiger partial charge in [0.05, 0.1) is 5.60 Å². The molecule has 2 nitrogen and oxygen atoms in total. The molecule has 4 heteroatoms. The Hall–Kier alpha value is -0.640. The molecule has 98 valence electrons. The number of benzene rings is 1. The third-order valence-corrected chi connectivity index (χ3v) is 4.63. The van der Waals surface area contributed by atoms with Crippen molar-refractivity contribution in [3.63, 3.8) is 0 Å². The van der Waals surface area contributed by atoms with Gasteiger partial charge in [0.15, 0.2) is 0 Å². The van der Waals surface area contributed by atoms with E-state index in [4.69, 9.17) is 11.6 Å². The van der Waals surface area contributed by atoms with Gasteiger partial charge < -0.3 is 10.0 Å². The predicted octanol–water partition coefficient (Wildman–Crippen LogP) is 2.92. The van der Waals surface area contributed by atoms with Crippen molar-refractivity contribution in [2.75, 3.05) is 13.1 Å². The maximum absolute atomic E-state index is 14.0. The molecule has 0 radical (unpaired) electrons. The lowest BCUT2D eigenvalue weighted by atomic mass is 9.80. The molecule has 18 heavy (non-hydrogen) atoms. The number of hydrogen-bond donors (Lipinski definition) is 1. The number of nitrogens with zero attached hydrogens (tertiary/aromatic N) is 1.